The van der Waals surface area contributed by atoms with Crippen molar-refractivity contribution in [1.82, 2.24) is 0 Å². The second-order valence-corrected chi connectivity index (χ2v) is 6.77. The Morgan fingerprint density at radius 3 is 2.29 bits per heavy atom. The van der Waals surface area contributed by atoms with Crippen LogP contribution in [0.4, 0.5) is 17.1 Å². The number of hydrogen-bond acceptors (Lipinski definition) is 5. The largest absolute Gasteiger partial charge is 0.493 e. The molecule has 3 N–H and O–H groups in total. The van der Waals surface area contributed by atoms with E-state index in [2.05, 4.69) is 16.0 Å². The zero-order valence-corrected chi connectivity index (χ0v) is 16.2. The minimum Gasteiger partial charge on any atom is -0.493 e. The zero-order valence-electron chi connectivity index (χ0n) is 16.2. The summed E-state index contributed by atoms with van der Waals surface area (Å²) in [6.07, 6.45) is 1.91. The number of benzene rings is 2. The minimum absolute atomic E-state index is 0.0522. The van der Waals surface area contributed by atoms with Crippen molar-refractivity contribution < 1.29 is 19.1 Å². The van der Waals surface area contributed by atoms with Gasteiger partial charge in [0.1, 0.15) is 6.04 Å². The van der Waals surface area contributed by atoms with Gasteiger partial charge in [0.05, 0.1) is 14.2 Å². The molecule has 2 amide bonds. The van der Waals surface area contributed by atoms with E-state index in [0.717, 1.165) is 24.2 Å². The number of amides is 2. The molecule has 1 unspecified atom stereocenters. The topological polar surface area (TPSA) is 88.7 Å². The van der Waals surface area contributed by atoms with Crippen molar-refractivity contribution >= 4 is 28.9 Å². The first kappa shape index (κ1) is 19.5. The standard InChI is InChI=1S/C21H25N3O4/c1-13(20(25)23-17-9-10-18(27-2)19(12-17)28-3)22-15-5-4-6-16(11-15)24-21(26)14-7-8-14/h4-6,9-14,22H,7-8H2,1-3H3,(H,23,25)(H,24,26). The highest BCUT2D eigenvalue weighted by Crippen LogP contribution is 2.31. The highest BCUT2D eigenvalue weighted by Gasteiger charge is 2.29. The predicted octanol–water partition coefficient (Wildman–Crippen LogP) is 3.49. The Kier molecular flexibility index (Phi) is 6.03. The van der Waals surface area contributed by atoms with E-state index in [1.807, 2.05) is 24.3 Å². The molecule has 0 aromatic heterocycles. The summed E-state index contributed by atoms with van der Waals surface area (Å²) < 4.78 is 10.5. The minimum atomic E-state index is -0.484. The summed E-state index contributed by atoms with van der Waals surface area (Å²) in [5.74, 6) is 1.13. The van der Waals surface area contributed by atoms with Crippen molar-refractivity contribution in [3.63, 3.8) is 0 Å². The van der Waals surface area contributed by atoms with Crippen LogP contribution >= 0.6 is 0 Å². The Balaban J connectivity index is 1.60. The maximum atomic E-state index is 12.5. The van der Waals surface area contributed by atoms with Crippen molar-refractivity contribution in [2.24, 2.45) is 5.92 Å². The van der Waals surface area contributed by atoms with E-state index in [4.69, 9.17) is 9.47 Å². The first-order valence-corrected chi connectivity index (χ1v) is 9.20. The monoisotopic (exact) mass is 383 g/mol. The average molecular weight is 383 g/mol. The molecule has 3 rings (SSSR count). The van der Waals surface area contributed by atoms with E-state index in [0.29, 0.717) is 17.2 Å². The van der Waals surface area contributed by atoms with Crippen LogP contribution in [0, 0.1) is 5.92 Å². The quantitative estimate of drug-likeness (QED) is 0.649. The zero-order chi connectivity index (χ0) is 20.1. The van der Waals surface area contributed by atoms with Gasteiger partial charge in [0, 0.05) is 29.0 Å². The third kappa shape index (κ3) is 4.94. The fourth-order valence-corrected chi connectivity index (χ4v) is 2.76. The van der Waals surface area contributed by atoms with Crippen molar-refractivity contribution in [3.05, 3.63) is 42.5 Å². The molecule has 0 saturated heterocycles. The maximum Gasteiger partial charge on any atom is 0.246 e. The fraction of sp³-hybridized carbons (Fsp3) is 0.333. The molecule has 1 aliphatic carbocycles. The van der Waals surface area contributed by atoms with Crippen LogP contribution in [0.25, 0.3) is 0 Å². The number of methoxy groups -OCH3 is 2. The summed E-state index contributed by atoms with van der Waals surface area (Å²) in [6, 6.07) is 12.1. The Hall–Kier alpha value is -3.22. The van der Waals surface area contributed by atoms with Crippen LogP contribution in [0.3, 0.4) is 0 Å². The Labute approximate surface area is 164 Å². The number of carbonyl (C=O) groups is 2. The Morgan fingerprint density at radius 1 is 0.929 bits per heavy atom. The molecule has 7 heteroatoms. The van der Waals surface area contributed by atoms with Gasteiger partial charge in [-0.2, -0.15) is 0 Å². The molecule has 1 aliphatic rings. The molecule has 0 heterocycles. The fourth-order valence-electron chi connectivity index (χ4n) is 2.76. The number of ether oxygens (including phenoxy) is 2. The lowest BCUT2D eigenvalue weighted by Crippen LogP contribution is -2.31. The lowest BCUT2D eigenvalue weighted by atomic mass is 10.2. The molecule has 0 radical (unpaired) electrons. The van der Waals surface area contributed by atoms with Crippen LogP contribution in [0.2, 0.25) is 0 Å². The van der Waals surface area contributed by atoms with Crippen LogP contribution in [0.1, 0.15) is 19.8 Å². The molecule has 1 fully saturated rings. The van der Waals surface area contributed by atoms with Crippen molar-refractivity contribution in [1.29, 1.82) is 0 Å². The lowest BCUT2D eigenvalue weighted by Gasteiger charge is -2.17. The van der Waals surface area contributed by atoms with Crippen LogP contribution in [-0.4, -0.2) is 32.1 Å². The van der Waals surface area contributed by atoms with Gasteiger partial charge in [-0.3, -0.25) is 9.59 Å². The second-order valence-electron chi connectivity index (χ2n) is 6.77. The number of nitrogens with one attached hydrogen (secondary N) is 3. The van der Waals surface area contributed by atoms with Crippen LogP contribution < -0.4 is 25.4 Å². The molecule has 7 nitrogen and oxygen atoms in total. The van der Waals surface area contributed by atoms with E-state index >= 15 is 0 Å². The predicted molar refractivity (Wildman–Crippen MR) is 109 cm³/mol. The molecule has 0 bridgehead atoms. The van der Waals surface area contributed by atoms with Gasteiger partial charge in [0.25, 0.3) is 0 Å². The van der Waals surface area contributed by atoms with Gasteiger partial charge in [0.2, 0.25) is 11.8 Å². The van der Waals surface area contributed by atoms with E-state index in [1.54, 1.807) is 39.3 Å². The van der Waals surface area contributed by atoms with Crippen molar-refractivity contribution in [3.8, 4) is 11.5 Å². The summed E-state index contributed by atoms with van der Waals surface area (Å²) in [7, 11) is 3.10. The van der Waals surface area contributed by atoms with Gasteiger partial charge in [-0.25, -0.2) is 0 Å². The van der Waals surface area contributed by atoms with Gasteiger partial charge < -0.3 is 25.4 Å². The van der Waals surface area contributed by atoms with Crippen LogP contribution in [0.5, 0.6) is 11.5 Å². The summed E-state index contributed by atoms with van der Waals surface area (Å²) in [4.78, 5) is 24.4. The van der Waals surface area contributed by atoms with Crippen molar-refractivity contribution in [2.75, 3.05) is 30.2 Å². The molecule has 0 aliphatic heterocycles. The lowest BCUT2D eigenvalue weighted by molar-refractivity contribution is -0.117. The normalized spacial score (nSPS) is 14.0. The van der Waals surface area contributed by atoms with Gasteiger partial charge in [-0.1, -0.05) is 6.07 Å². The van der Waals surface area contributed by atoms with Crippen LogP contribution in [0.15, 0.2) is 42.5 Å². The molecule has 1 saturated carbocycles. The first-order chi connectivity index (χ1) is 13.5. The van der Waals surface area contributed by atoms with Gasteiger partial charge in [-0.05, 0) is 50.1 Å². The maximum absolute atomic E-state index is 12.5. The molecular weight excluding hydrogens is 358 g/mol. The number of carbonyl (C=O) groups excluding carboxylic acids is 2. The summed E-state index contributed by atoms with van der Waals surface area (Å²) in [6.45, 7) is 1.77. The molecule has 148 valence electrons. The number of hydrogen-bond donors (Lipinski definition) is 3. The molecule has 2 aromatic rings. The molecule has 0 spiro atoms. The Morgan fingerprint density at radius 2 is 1.61 bits per heavy atom. The SMILES string of the molecule is COc1ccc(NC(=O)C(C)Nc2cccc(NC(=O)C3CC3)c2)cc1OC. The smallest absolute Gasteiger partial charge is 0.246 e. The third-order valence-corrected chi connectivity index (χ3v) is 4.51. The van der Waals surface area contributed by atoms with Gasteiger partial charge >= 0.3 is 0 Å². The van der Waals surface area contributed by atoms with E-state index < -0.39 is 6.04 Å². The van der Waals surface area contributed by atoms with Gasteiger partial charge in [0.15, 0.2) is 11.5 Å². The first-order valence-electron chi connectivity index (χ1n) is 9.20. The number of anilines is 3. The molecule has 1 atom stereocenters. The third-order valence-electron chi connectivity index (χ3n) is 4.51. The molecule has 2 aromatic carbocycles. The molecular formula is C21H25N3O4. The highest BCUT2D eigenvalue weighted by molar-refractivity contribution is 5.97. The Bertz CT molecular complexity index is 864. The highest BCUT2D eigenvalue weighted by atomic mass is 16.5. The summed E-state index contributed by atoms with van der Waals surface area (Å²) in [5, 5.41) is 8.91. The second kappa shape index (κ2) is 8.65. The molecule has 28 heavy (non-hydrogen) atoms. The summed E-state index contributed by atoms with van der Waals surface area (Å²) >= 11 is 0. The van der Waals surface area contributed by atoms with Crippen LogP contribution in [-0.2, 0) is 9.59 Å². The van der Waals surface area contributed by atoms with E-state index in [9.17, 15) is 9.59 Å². The van der Waals surface area contributed by atoms with E-state index in [1.165, 1.54) is 0 Å². The van der Waals surface area contributed by atoms with E-state index in [-0.39, 0.29) is 17.7 Å². The average Bonchev–Trinajstić information content (AvgIpc) is 3.53. The number of rotatable bonds is 8. The summed E-state index contributed by atoms with van der Waals surface area (Å²) in [5.41, 5.74) is 2.08. The van der Waals surface area contributed by atoms with Crippen molar-refractivity contribution in [2.45, 2.75) is 25.8 Å². The van der Waals surface area contributed by atoms with Gasteiger partial charge in [-0.15, -0.1) is 0 Å².